The Labute approximate surface area is 102 Å². The molecule has 0 amide bonds. The fraction of sp³-hybridized carbons (Fsp3) is 1.00. The summed E-state index contributed by atoms with van der Waals surface area (Å²) in [5, 5.41) is 3.68. The smallest absolute Gasteiger partial charge is 0.0253 e. The summed E-state index contributed by atoms with van der Waals surface area (Å²) >= 11 is 0. The van der Waals surface area contributed by atoms with Crippen LogP contribution in [0, 0.1) is 5.92 Å². The van der Waals surface area contributed by atoms with Crippen LogP contribution in [0.3, 0.4) is 0 Å². The van der Waals surface area contributed by atoms with Gasteiger partial charge in [-0.3, -0.25) is 4.90 Å². The number of nitrogens with zero attached hydrogens (tertiary/aromatic N) is 1. The van der Waals surface area contributed by atoms with Gasteiger partial charge in [-0.05, 0) is 39.5 Å². The fourth-order valence-electron chi connectivity index (χ4n) is 2.67. The van der Waals surface area contributed by atoms with Gasteiger partial charge >= 0.3 is 0 Å². The maximum Gasteiger partial charge on any atom is 0.0253 e. The monoisotopic (exact) mass is 226 g/mol. The lowest BCUT2D eigenvalue weighted by atomic mass is 9.92. The van der Waals surface area contributed by atoms with E-state index >= 15 is 0 Å². The van der Waals surface area contributed by atoms with Crippen molar-refractivity contribution >= 4 is 0 Å². The third-order valence-electron chi connectivity index (χ3n) is 3.76. The highest BCUT2D eigenvalue weighted by Gasteiger charge is 2.34. The van der Waals surface area contributed by atoms with Gasteiger partial charge in [0, 0.05) is 30.7 Å². The molecule has 2 heteroatoms. The maximum atomic E-state index is 3.68. The fourth-order valence-corrected chi connectivity index (χ4v) is 2.67. The zero-order valence-corrected chi connectivity index (χ0v) is 12.0. The van der Waals surface area contributed by atoms with Crippen LogP contribution in [-0.4, -0.2) is 35.6 Å². The quantitative estimate of drug-likeness (QED) is 0.793. The van der Waals surface area contributed by atoms with Crippen molar-refractivity contribution in [2.75, 3.05) is 13.1 Å². The SMILES string of the molecule is CCC(C)N1CC(C)(C)NCC1CC(C)C. The van der Waals surface area contributed by atoms with Crippen molar-refractivity contribution in [2.45, 2.75) is 72.0 Å². The molecular weight excluding hydrogens is 196 g/mol. The number of hydrogen-bond donors (Lipinski definition) is 1. The first kappa shape index (κ1) is 14.0. The van der Waals surface area contributed by atoms with E-state index in [1.807, 2.05) is 0 Å². The minimum atomic E-state index is 0.275. The molecule has 0 radical (unpaired) electrons. The van der Waals surface area contributed by atoms with Crippen LogP contribution in [-0.2, 0) is 0 Å². The Kier molecular flexibility index (Phi) is 4.81. The second-order valence-electron chi connectivity index (χ2n) is 6.48. The number of nitrogens with one attached hydrogen (secondary N) is 1. The standard InChI is InChI=1S/C14H30N2/c1-7-12(4)16-10-14(5,6)15-9-13(16)8-11(2)3/h11-13,15H,7-10H2,1-6H3. The average Bonchev–Trinajstić information content (AvgIpc) is 2.18. The number of rotatable bonds is 4. The highest BCUT2D eigenvalue weighted by molar-refractivity contribution is 4.94. The van der Waals surface area contributed by atoms with Crippen molar-refractivity contribution in [1.29, 1.82) is 0 Å². The maximum absolute atomic E-state index is 3.68. The Morgan fingerprint density at radius 2 is 1.94 bits per heavy atom. The molecule has 0 aromatic rings. The van der Waals surface area contributed by atoms with Crippen LogP contribution in [0.1, 0.15) is 54.4 Å². The minimum absolute atomic E-state index is 0.275. The van der Waals surface area contributed by atoms with Gasteiger partial charge < -0.3 is 5.32 Å². The van der Waals surface area contributed by atoms with Crippen LogP contribution in [0.25, 0.3) is 0 Å². The van der Waals surface area contributed by atoms with Crippen LogP contribution >= 0.6 is 0 Å². The van der Waals surface area contributed by atoms with Crippen molar-refractivity contribution in [3.8, 4) is 0 Å². The van der Waals surface area contributed by atoms with Gasteiger partial charge in [0.25, 0.3) is 0 Å². The van der Waals surface area contributed by atoms with E-state index in [-0.39, 0.29) is 5.54 Å². The summed E-state index contributed by atoms with van der Waals surface area (Å²) in [7, 11) is 0. The lowest BCUT2D eigenvalue weighted by Crippen LogP contribution is -2.63. The van der Waals surface area contributed by atoms with E-state index in [0.29, 0.717) is 6.04 Å². The molecule has 2 unspecified atom stereocenters. The lowest BCUT2D eigenvalue weighted by Gasteiger charge is -2.48. The summed E-state index contributed by atoms with van der Waals surface area (Å²) in [5.41, 5.74) is 0.275. The minimum Gasteiger partial charge on any atom is -0.309 e. The van der Waals surface area contributed by atoms with Gasteiger partial charge in [0.2, 0.25) is 0 Å². The van der Waals surface area contributed by atoms with Gasteiger partial charge in [-0.1, -0.05) is 20.8 Å². The molecule has 1 rings (SSSR count). The van der Waals surface area contributed by atoms with E-state index in [1.165, 1.54) is 19.4 Å². The summed E-state index contributed by atoms with van der Waals surface area (Å²) < 4.78 is 0. The largest absolute Gasteiger partial charge is 0.309 e. The molecule has 1 N–H and O–H groups in total. The average molecular weight is 226 g/mol. The molecule has 0 aliphatic carbocycles. The van der Waals surface area contributed by atoms with Crippen LogP contribution in [0.2, 0.25) is 0 Å². The van der Waals surface area contributed by atoms with E-state index < -0.39 is 0 Å². The molecule has 1 aliphatic heterocycles. The molecule has 1 aliphatic rings. The second kappa shape index (κ2) is 5.50. The molecule has 0 aromatic heterocycles. The van der Waals surface area contributed by atoms with Crippen molar-refractivity contribution in [1.82, 2.24) is 10.2 Å². The van der Waals surface area contributed by atoms with Gasteiger partial charge in [-0.2, -0.15) is 0 Å². The Bertz CT molecular complexity index is 211. The summed E-state index contributed by atoms with van der Waals surface area (Å²) in [6, 6.07) is 1.44. The van der Waals surface area contributed by atoms with Crippen molar-refractivity contribution in [2.24, 2.45) is 5.92 Å². The number of piperazine rings is 1. The van der Waals surface area contributed by atoms with E-state index in [4.69, 9.17) is 0 Å². The summed E-state index contributed by atoms with van der Waals surface area (Å²) in [6.07, 6.45) is 2.57. The molecule has 0 saturated carbocycles. The molecule has 2 nitrogen and oxygen atoms in total. The molecule has 96 valence electrons. The van der Waals surface area contributed by atoms with Gasteiger partial charge in [0.05, 0.1) is 0 Å². The Hall–Kier alpha value is -0.0800. The van der Waals surface area contributed by atoms with Crippen LogP contribution < -0.4 is 5.32 Å². The summed E-state index contributed by atoms with van der Waals surface area (Å²) in [6.45, 7) is 16.3. The van der Waals surface area contributed by atoms with Gasteiger partial charge in [0.1, 0.15) is 0 Å². The Morgan fingerprint density at radius 3 is 2.44 bits per heavy atom. The normalized spacial score (nSPS) is 28.3. The molecule has 1 fully saturated rings. The summed E-state index contributed by atoms with van der Waals surface area (Å²) in [5.74, 6) is 0.791. The molecule has 2 atom stereocenters. The zero-order chi connectivity index (χ0) is 12.3. The van der Waals surface area contributed by atoms with Crippen LogP contribution in [0.4, 0.5) is 0 Å². The predicted octanol–water partition coefficient (Wildman–Crippen LogP) is 2.88. The van der Waals surface area contributed by atoms with Crippen molar-refractivity contribution in [3.63, 3.8) is 0 Å². The third kappa shape index (κ3) is 3.74. The zero-order valence-electron chi connectivity index (χ0n) is 12.0. The lowest BCUT2D eigenvalue weighted by molar-refractivity contribution is 0.0485. The highest BCUT2D eigenvalue weighted by Crippen LogP contribution is 2.23. The summed E-state index contributed by atoms with van der Waals surface area (Å²) in [4.78, 5) is 2.72. The second-order valence-corrected chi connectivity index (χ2v) is 6.48. The van der Waals surface area contributed by atoms with Gasteiger partial charge in [-0.15, -0.1) is 0 Å². The van der Waals surface area contributed by atoms with E-state index in [2.05, 4.69) is 51.8 Å². The topological polar surface area (TPSA) is 15.3 Å². The first-order chi connectivity index (χ1) is 7.35. The van der Waals surface area contributed by atoms with E-state index in [1.54, 1.807) is 0 Å². The van der Waals surface area contributed by atoms with E-state index in [0.717, 1.165) is 18.5 Å². The van der Waals surface area contributed by atoms with Crippen molar-refractivity contribution in [3.05, 3.63) is 0 Å². The number of hydrogen-bond acceptors (Lipinski definition) is 2. The highest BCUT2D eigenvalue weighted by atomic mass is 15.3. The van der Waals surface area contributed by atoms with Gasteiger partial charge in [0.15, 0.2) is 0 Å². The molecule has 16 heavy (non-hydrogen) atoms. The molecule has 0 bridgehead atoms. The first-order valence-corrected chi connectivity index (χ1v) is 6.86. The molecule has 1 heterocycles. The molecule has 1 saturated heterocycles. The van der Waals surface area contributed by atoms with Crippen LogP contribution in [0.15, 0.2) is 0 Å². The molecular formula is C14H30N2. The molecule has 0 spiro atoms. The Morgan fingerprint density at radius 1 is 1.31 bits per heavy atom. The third-order valence-corrected chi connectivity index (χ3v) is 3.76. The first-order valence-electron chi connectivity index (χ1n) is 6.86. The Balaban J connectivity index is 2.68. The predicted molar refractivity (Wildman–Crippen MR) is 71.8 cm³/mol. The van der Waals surface area contributed by atoms with Crippen molar-refractivity contribution < 1.29 is 0 Å². The van der Waals surface area contributed by atoms with Crippen LogP contribution in [0.5, 0.6) is 0 Å². The molecule has 0 aromatic carbocycles. The van der Waals surface area contributed by atoms with Gasteiger partial charge in [-0.25, -0.2) is 0 Å². The van der Waals surface area contributed by atoms with E-state index in [9.17, 15) is 0 Å².